The average molecular weight is 401 g/mol. The number of aromatic nitrogens is 1. The van der Waals surface area contributed by atoms with E-state index in [0.29, 0.717) is 15.8 Å². The smallest absolute Gasteiger partial charge is 0.320 e. The van der Waals surface area contributed by atoms with Gasteiger partial charge in [0, 0.05) is 21.8 Å². The van der Waals surface area contributed by atoms with E-state index in [4.69, 9.17) is 11.6 Å². The van der Waals surface area contributed by atoms with Crippen LogP contribution in [-0.2, 0) is 0 Å². The Bertz CT molecular complexity index is 965. The molecule has 6 nitrogen and oxygen atoms in total. The maximum atomic E-state index is 12.4. The van der Waals surface area contributed by atoms with Crippen molar-refractivity contribution in [3.8, 4) is 0 Å². The van der Waals surface area contributed by atoms with Crippen molar-refractivity contribution in [2.75, 3.05) is 16.0 Å². The van der Waals surface area contributed by atoms with E-state index < -0.39 is 6.03 Å². The van der Waals surface area contributed by atoms with Gasteiger partial charge < -0.3 is 10.6 Å². The monoisotopic (exact) mass is 400 g/mol. The third-order valence-corrected chi connectivity index (χ3v) is 4.79. The van der Waals surface area contributed by atoms with Crippen molar-refractivity contribution in [1.29, 1.82) is 0 Å². The van der Waals surface area contributed by atoms with Gasteiger partial charge >= 0.3 is 6.03 Å². The number of amides is 3. The quantitative estimate of drug-likeness (QED) is 0.555. The van der Waals surface area contributed by atoms with E-state index in [-0.39, 0.29) is 11.6 Å². The number of rotatable bonds is 4. The molecule has 0 fully saturated rings. The number of anilines is 3. The molecule has 0 saturated carbocycles. The van der Waals surface area contributed by atoms with Gasteiger partial charge in [0.2, 0.25) is 0 Å². The molecule has 3 amide bonds. The van der Waals surface area contributed by atoms with Crippen LogP contribution in [0.25, 0.3) is 0 Å². The zero-order chi connectivity index (χ0) is 19.4. The fraction of sp³-hybridized carbons (Fsp3) is 0.105. The fourth-order valence-corrected chi connectivity index (χ4v) is 3.23. The minimum absolute atomic E-state index is 0.240. The van der Waals surface area contributed by atoms with Crippen molar-refractivity contribution >= 4 is 51.4 Å². The number of carbonyl (C=O) groups excluding carboxylic acids is 2. The van der Waals surface area contributed by atoms with E-state index in [1.807, 2.05) is 32.0 Å². The number of hydrogen-bond donors (Lipinski definition) is 3. The van der Waals surface area contributed by atoms with Gasteiger partial charge in [0.15, 0.2) is 5.13 Å². The summed E-state index contributed by atoms with van der Waals surface area (Å²) in [5.41, 5.74) is 3.55. The number of aryl methyl sites for hydroxylation is 2. The molecule has 0 atom stereocenters. The minimum atomic E-state index is -0.451. The van der Waals surface area contributed by atoms with Gasteiger partial charge in [-0.1, -0.05) is 29.8 Å². The van der Waals surface area contributed by atoms with Crippen LogP contribution in [0.4, 0.5) is 21.3 Å². The van der Waals surface area contributed by atoms with Crippen LogP contribution in [0, 0.1) is 13.8 Å². The van der Waals surface area contributed by atoms with Crippen molar-refractivity contribution in [3.05, 3.63) is 69.7 Å². The lowest BCUT2D eigenvalue weighted by Gasteiger charge is -2.10. The highest BCUT2D eigenvalue weighted by Gasteiger charge is 2.14. The maximum Gasteiger partial charge on any atom is 0.325 e. The zero-order valence-electron chi connectivity index (χ0n) is 14.7. The summed E-state index contributed by atoms with van der Waals surface area (Å²) in [6.07, 6.45) is 0. The normalized spacial score (nSPS) is 10.3. The van der Waals surface area contributed by atoms with Gasteiger partial charge in [0.25, 0.3) is 5.91 Å². The number of hydrogen-bond acceptors (Lipinski definition) is 4. The zero-order valence-corrected chi connectivity index (χ0v) is 16.2. The van der Waals surface area contributed by atoms with Crippen LogP contribution in [0.1, 0.15) is 21.6 Å². The van der Waals surface area contributed by atoms with Crippen LogP contribution in [0.3, 0.4) is 0 Å². The van der Waals surface area contributed by atoms with Gasteiger partial charge in [-0.2, -0.15) is 0 Å². The van der Waals surface area contributed by atoms with Gasteiger partial charge in [-0.25, -0.2) is 9.78 Å². The van der Waals surface area contributed by atoms with Crippen molar-refractivity contribution in [2.24, 2.45) is 0 Å². The number of carbonyl (C=O) groups is 2. The molecule has 0 aliphatic heterocycles. The molecule has 0 saturated heterocycles. The number of halogens is 1. The first-order valence-electron chi connectivity index (χ1n) is 8.09. The summed E-state index contributed by atoms with van der Waals surface area (Å²) < 4.78 is 0. The lowest BCUT2D eigenvalue weighted by Crippen LogP contribution is -2.19. The molecule has 3 rings (SSSR count). The van der Waals surface area contributed by atoms with Crippen LogP contribution in [0.15, 0.2) is 47.8 Å². The predicted molar refractivity (Wildman–Crippen MR) is 110 cm³/mol. The van der Waals surface area contributed by atoms with E-state index in [0.717, 1.165) is 16.8 Å². The lowest BCUT2D eigenvalue weighted by molar-refractivity contribution is 0.102. The topological polar surface area (TPSA) is 83.1 Å². The Morgan fingerprint density at radius 1 is 0.963 bits per heavy atom. The van der Waals surface area contributed by atoms with Crippen molar-refractivity contribution in [2.45, 2.75) is 13.8 Å². The third kappa shape index (κ3) is 4.84. The Labute approximate surface area is 165 Å². The van der Waals surface area contributed by atoms with Gasteiger partial charge in [-0.15, -0.1) is 11.3 Å². The molecule has 1 aromatic heterocycles. The summed E-state index contributed by atoms with van der Waals surface area (Å²) in [5, 5.41) is 10.7. The van der Waals surface area contributed by atoms with Gasteiger partial charge in [0.05, 0.1) is 0 Å². The van der Waals surface area contributed by atoms with Crippen LogP contribution < -0.4 is 16.0 Å². The summed E-state index contributed by atoms with van der Waals surface area (Å²) in [6, 6.07) is 12.1. The standard InChI is InChI=1S/C19H17ClN4O2S/c1-11-4-3-5-12(2)16(11)23-17(25)15-10-27-19(22-15)24-18(26)21-14-8-6-13(20)7-9-14/h3-10H,1-2H3,(H,23,25)(H2,21,22,24,26). The Kier molecular flexibility index (Phi) is 5.73. The Hall–Kier alpha value is -2.90. The largest absolute Gasteiger partial charge is 0.325 e. The SMILES string of the molecule is Cc1cccc(C)c1NC(=O)c1csc(NC(=O)Nc2ccc(Cl)cc2)n1. The summed E-state index contributed by atoms with van der Waals surface area (Å²) >= 11 is 6.99. The van der Waals surface area contributed by atoms with Crippen LogP contribution in [0.5, 0.6) is 0 Å². The van der Waals surface area contributed by atoms with Crippen molar-refractivity contribution < 1.29 is 9.59 Å². The third-order valence-electron chi connectivity index (χ3n) is 3.78. The minimum Gasteiger partial charge on any atom is -0.320 e. The predicted octanol–water partition coefficient (Wildman–Crippen LogP) is 5.31. The van der Waals surface area contributed by atoms with Gasteiger partial charge in [0.1, 0.15) is 5.69 Å². The average Bonchev–Trinajstić information content (AvgIpc) is 3.08. The van der Waals surface area contributed by atoms with Crippen molar-refractivity contribution in [1.82, 2.24) is 4.98 Å². The first-order valence-corrected chi connectivity index (χ1v) is 9.35. The second-order valence-corrected chi connectivity index (χ2v) is 7.14. The lowest BCUT2D eigenvalue weighted by atomic mass is 10.1. The van der Waals surface area contributed by atoms with E-state index in [2.05, 4.69) is 20.9 Å². The first-order chi connectivity index (χ1) is 12.9. The highest BCUT2D eigenvalue weighted by atomic mass is 35.5. The molecule has 8 heteroatoms. The molecule has 0 spiro atoms. The second kappa shape index (κ2) is 8.20. The molecule has 0 unspecified atom stereocenters. The molecule has 138 valence electrons. The molecule has 27 heavy (non-hydrogen) atoms. The van der Waals surface area contributed by atoms with Crippen LogP contribution in [0.2, 0.25) is 5.02 Å². The maximum absolute atomic E-state index is 12.4. The first kappa shape index (κ1) is 18.9. The number of para-hydroxylation sites is 1. The van der Waals surface area contributed by atoms with Crippen molar-refractivity contribution in [3.63, 3.8) is 0 Å². The molecule has 0 aliphatic carbocycles. The molecule has 3 N–H and O–H groups in total. The van der Waals surface area contributed by atoms with Gasteiger partial charge in [-0.3, -0.25) is 10.1 Å². The highest BCUT2D eigenvalue weighted by molar-refractivity contribution is 7.14. The number of nitrogens with zero attached hydrogens (tertiary/aromatic N) is 1. The number of benzene rings is 2. The summed E-state index contributed by atoms with van der Waals surface area (Å²) in [7, 11) is 0. The summed E-state index contributed by atoms with van der Waals surface area (Å²) in [6.45, 7) is 3.86. The molecule has 1 heterocycles. The van der Waals surface area contributed by atoms with Crippen LogP contribution in [-0.4, -0.2) is 16.9 Å². The van der Waals surface area contributed by atoms with Gasteiger partial charge in [-0.05, 0) is 49.2 Å². The molecule has 0 bridgehead atoms. The number of thiazole rings is 1. The van der Waals surface area contributed by atoms with E-state index in [1.165, 1.54) is 11.3 Å². The van der Waals surface area contributed by atoms with E-state index >= 15 is 0 Å². The number of urea groups is 1. The van der Waals surface area contributed by atoms with E-state index in [1.54, 1.807) is 29.6 Å². The Balaban J connectivity index is 1.63. The molecule has 3 aromatic rings. The summed E-state index contributed by atoms with van der Waals surface area (Å²) in [5.74, 6) is -0.324. The Morgan fingerprint density at radius 2 is 1.63 bits per heavy atom. The summed E-state index contributed by atoms with van der Waals surface area (Å²) in [4.78, 5) is 28.6. The molecule has 2 aromatic carbocycles. The highest BCUT2D eigenvalue weighted by Crippen LogP contribution is 2.22. The number of nitrogens with one attached hydrogen (secondary N) is 3. The Morgan fingerprint density at radius 3 is 2.30 bits per heavy atom. The molecular formula is C19H17ClN4O2S. The molecule has 0 aliphatic rings. The molecule has 0 radical (unpaired) electrons. The molecular weight excluding hydrogens is 384 g/mol. The van der Waals surface area contributed by atoms with E-state index in [9.17, 15) is 9.59 Å². The second-order valence-electron chi connectivity index (χ2n) is 5.84. The van der Waals surface area contributed by atoms with Crippen LogP contribution >= 0.6 is 22.9 Å². The fourth-order valence-electron chi connectivity index (χ4n) is 2.42.